The first-order chi connectivity index (χ1) is 15.3. The fraction of sp³-hybridized carbons (Fsp3) is 0.391. The van der Waals surface area contributed by atoms with Gasteiger partial charge in [0.2, 0.25) is 5.91 Å². The molecule has 4 rings (SSSR count). The van der Waals surface area contributed by atoms with Gasteiger partial charge in [0.1, 0.15) is 17.4 Å². The Hall–Kier alpha value is -3.49. The number of piperidine rings is 1. The molecule has 0 radical (unpaired) electrons. The zero-order chi connectivity index (χ0) is 22.8. The van der Waals surface area contributed by atoms with Crippen molar-refractivity contribution in [2.24, 2.45) is 5.92 Å². The van der Waals surface area contributed by atoms with Gasteiger partial charge < -0.3 is 15.2 Å². The summed E-state index contributed by atoms with van der Waals surface area (Å²) in [5.41, 5.74) is 8.86. The van der Waals surface area contributed by atoms with E-state index < -0.39 is 0 Å². The van der Waals surface area contributed by atoms with Gasteiger partial charge in [0.25, 0.3) is 0 Å². The van der Waals surface area contributed by atoms with Gasteiger partial charge in [0, 0.05) is 31.0 Å². The molecule has 1 aliphatic heterocycles. The molecule has 0 aliphatic carbocycles. The summed E-state index contributed by atoms with van der Waals surface area (Å²) < 4.78 is 19.8. The van der Waals surface area contributed by atoms with E-state index in [2.05, 4.69) is 10.3 Å². The summed E-state index contributed by atoms with van der Waals surface area (Å²) in [6.07, 6.45) is 3.79. The van der Waals surface area contributed by atoms with Gasteiger partial charge in [-0.25, -0.2) is 9.07 Å². The molecular formula is C23H26FN5O3. The van der Waals surface area contributed by atoms with Crippen molar-refractivity contribution in [2.45, 2.75) is 39.5 Å². The van der Waals surface area contributed by atoms with Gasteiger partial charge in [0.05, 0.1) is 23.1 Å². The van der Waals surface area contributed by atoms with Gasteiger partial charge in [0.15, 0.2) is 5.78 Å². The minimum atomic E-state index is -0.364. The number of aromatic nitrogens is 3. The molecule has 1 aromatic carbocycles. The molecule has 0 saturated carbocycles. The number of Topliss-reactive ketones (excluding diaryl/α,β-unsaturated/α-hetero) is 1. The summed E-state index contributed by atoms with van der Waals surface area (Å²) in [5.74, 6) is 0.132. The molecule has 168 valence electrons. The number of hydrogen-bond acceptors (Lipinski definition) is 6. The highest BCUT2D eigenvalue weighted by Crippen LogP contribution is 2.26. The fourth-order valence-corrected chi connectivity index (χ4v) is 4.22. The second-order valence-electron chi connectivity index (χ2n) is 8.18. The summed E-state index contributed by atoms with van der Waals surface area (Å²) in [6, 6.07) is 5.72. The predicted molar refractivity (Wildman–Crippen MR) is 116 cm³/mol. The topological polar surface area (TPSA) is 107 Å². The Bertz CT molecular complexity index is 1120. The van der Waals surface area contributed by atoms with E-state index in [9.17, 15) is 14.0 Å². The van der Waals surface area contributed by atoms with Crippen LogP contribution in [0.2, 0.25) is 0 Å². The van der Waals surface area contributed by atoms with Crippen LogP contribution in [0, 0.1) is 25.6 Å². The molecule has 3 heterocycles. The maximum absolute atomic E-state index is 13.2. The Morgan fingerprint density at radius 3 is 2.69 bits per heavy atom. The number of carbonyl (C=O) groups excluding carboxylic acids is 2. The lowest BCUT2D eigenvalue weighted by Gasteiger charge is -2.32. The number of amides is 1. The van der Waals surface area contributed by atoms with Crippen LogP contribution in [0.3, 0.4) is 0 Å². The number of nitrogens with zero attached hydrogens (tertiary/aromatic N) is 4. The second-order valence-corrected chi connectivity index (χ2v) is 8.18. The minimum absolute atomic E-state index is 0.0116. The largest absolute Gasteiger partial charge is 0.383 e. The van der Waals surface area contributed by atoms with Crippen LogP contribution in [0.15, 0.2) is 35.0 Å². The average molecular weight is 439 g/mol. The lowest BCUT2D eigenvalue weighted by molar-refractivity contribution is -0.132. The van der Waals surface area contributed by atoms with Gasteiger partial charge in [-0.1, -0.05) is 5.16 Å². The van der Waals surface area contributed by atoms with Crippen LogP contribution in [-0.2, 0) is 11.2 Å². The highest BCUT2D eigenvalue weighted by atomic mass is 19.1. The number of hydrogen-bond donors (Lipinski definition) is 1. The van der Waals surface area contributed by atoms with Crippen molar-refractivity contribution in [1.82, 2.24) is 19.8 Å². The van der Waals surface area contributed by atoms with Crippen molar-refractivity contribution in [3.63, 3.8) is 0 Å². The number of nitrogens with two attached hydrogens (primary N) is 1. The number of anilines is 1. The molecular weight excluding hydrogens is 413 g/mol. The maximum Gasteiger partial charge on any atom is 0.222 e. The highest BCUT2D eigenvalue weighted by molar-refractivity contribution is 6.02. The zero-order valence-corrected chi connectivity index (χ0v) is 18.2. The molecule has 2 aromatic heterocycles. The predicted octanol–water partition coefficient (Wildman–Crippen LogP) is 3.25. The maximum atomic E-state index is 13.2. The van der Waals surface area contributed by atoms with Crippen LogP contribution >= 0.6 is 0 Å². The van der Waals surface area contributed by atoms with E-state index in [1.165, 1.54) is 23.0 Å². The van der Waals surface area contributed by atoms with E-state index >= 15 is 0 Å². The van der Waals surface area contributed by atoms with Crippen LogP contribution in [0.4, 0.5) is 10.2 Å². The highest BCUT2D eigenvalue weighted by Gasteiger charge is 2.31. The van der Waals surface area contributed by atoms with Crippen molar-refractivity contribution >= 4 is 17.5 Å². The van der Waals surface area contributed by atoms with Crippen LogP contribution in [0.25, 0.3) is 5.69 Å². The quantitative estimate of drug-likeness (QED) is 0.591. The molecule has 1 amide bonds. The SMILES string of the molecule is Cc1noc(C)c1CCC(=O)N1CCCC(C(=O)c2cnn(-c3ccc(F)cc3)c2N)C1. The summed E-state index contributed by atoms with van der Waals surface area (Å²) >= 11 is 0. The number of carbonyl (C=O) groups is 2. The number of rotatable bonds is 6. The molecule has 1 saturated heterocycles. The van der Waals surface area contributed by atoms with E-state index in [1.54, 1.807) is 17.0 Å². The van der Waals surface area contributed by atoms with E-state index in [0.29, 0.717) is 43.6 Å². The number of halogens is 1. The van der Waals surface area contributed by atoms with Crippen molar-refractivity contribution < 1.29 is 18.5 Å². The van der Waals surface area contributed by atoms with Gasteiger partial charge in [-0.3, -0.25) is 9.59 Å². The minimum Gasteiger partial charge on any atom is -0.383 e. The third-order valence-electron chi connectivity index (χ3n) is 6.06. The Balaban J connectivity index is 1.42. The van der Waals surface area contributed by atoms with Gasteiger partial charge in [-0.05, 0) is 57.4 Å². The molecule has 8 nitrogen and oxygen atoms in total. The van der Waals surface area contributed by atoms with Crippen LogP contribution in [-0.4, -0.2) is 44.6 Å². The lowest BCUT2D eigenvalue weighted by atomic mass is 9.90. The first-order valence-electron chi connectivity index (χ1n) is 10.7. The number of likely N-dealkylation sites (tertiary alicyclic amines) is 1. The smallest absolute Gasteiger partial charge is 0.222 e. The van der Waals surface area contributed by atoms with Crippen LogP contribution < -0.4 is 5.73 Å². The molecule has 1 aliphatic rings. The first-order valence-corrected chi connectivity index (χ1v) is 10.7. The number of benzene rings is 1. The Morgan fingerprint density at radius 1 is 1.25 bits per heavy atom. The third kappa shape index (κ3) is 4.28. The van der Waals surface area contributed by atoms with Gasteiger partial charge >= 0.3 is 0 Å². The monoisotopic (exact) mass is 439 g/mol. The summed E-state index contributed by atoms with van der Waals surface area (Å²) in [5, 5.41) is 8.14. The molecule has 2 N–H and O–H groups in total. The van der Waals surface area contributed by atoms with E-state index in [4.69, 9.17) is 10.3 Å². The number of ketones is 1. The normalized spacial score (nSPS) is 16.3. The molecule has 1 unspecified atom stereocenters. The molecule has 0 spiro atoms. The Kier molecular flexibility index (Phi) is 6.07. The van der Waals surface area contributed by atoms with E-state index in [0.717, 1.165) is 23.4 Å². The third-order valence-corrected chi connectivity index (χ3v) is 6.06. The zero-order valence-electron chi connectivity index (χ0n) is 18.2. The molecule has 1 fully saturated rings. The van der Waals surface area contributed by atoms with Gasteiger partial charge in [-0.15, -0.1) is 0 Å². The van der Waals surface area contributed by atoms with Crippen LogP contribution in [0.1, 0.15) is 46.6 Å². The number of nitrogen functional groups attached to an aromatic ring is 1. The Labute approximate surface area is 185 Å². The Morgan fingerprint density at radius 2 is 2.00 bits per heavy atom. The standard InChI is InChI=1S/C23H26FN5O3/c1-14-19(15(2)32-27-14)9-10-21(30)28-11-3-4-16(13-28)22(31)20-12-26-29(23(20)25)18-7-5-17(24)6-8-18/h5-8,12,16H,3-4,9-11,13,25H2,1-2H3. The van der Waals surface area contributed by atoms with E-state index in [-0.39, 0.29) is 29.2 Å². The van der Waals surface area contributed by atoms with Crippen molar-refractivity contribution in [3.8, 4) is 5.69 Å². The first kappa shape index (κ1) is 21.7. The molecule has 1 atom stereocenters. The second kappa shape index (κ2) is 8.94. The average Bonchev–Trinajstić information content (AvgIpc) is 3.33. The molecule has 9 heteroatoms. The summed E-state index contributed by atoms with van der Waals surface area (Å²) in [4.78, 5) is 27.7. The summed E-state index contributed by atoms with van der Waals surface area (Å²) in [6.45, 7) is 4.70. The molecule has 3 aromatic rings. The van der Waals surface area contributed by atoms with E-state index in [1.807, 2.05) is 13.8 Å². The summed E-state index contributed by atoms with van der Waals surface area (Å²) in [7, 11) is 0. The fourth-order valence-electron chi connectivity index (χ4n) is 4.22. The molecule has 0 bridgehead atoms. The number of aryl methyl sites for hydroxylation is 2. The van der Waals surface area contributed by atoms with Gasteiger partial charge in [-0.2, -0.15) is 5.10 Å². The molecule has 32 heavy (non-hydrogen) atoms. The van der Waals surface area contributed by atoms with Crippen LogP contribution in [0.5, 0.6) is 0 Å². The van der Waals surface area contributed by atoms with Crippen molar-refractivity contribution in [2.75, 3.05) is 18.8 Å². The van der Waals surface area contributed by atoms with Crippen molar-refractivity contribution in [1.29, 1.82) is 0 Å². The lowest BCUT2D eigenvalue weighted by Crippen LogP contribution is -2.42. The van der Waals surface area contributed by atoms with Crippen molar-refractivity contribution in [3.05, 3.63) is 58.9 Å².